The van der Waals surface area contributed by atoms with Gasteiger partial charge in [0.25, 0.3) is 0 Å². The monoisotopic (exact) mass is 241 g/mol. The quantitative estimate of drug-likeness (QED) is 0.825. The van der Waals surface area contributed by atoms with Crippen molar-refractivity contribution in [3.63, 3.8) is 0 Å². The van der Waals surface area contributed by atoms with Crippen LogP contribution in [0.5, 0.6) is 0 Å². The topological polar surface area (TPSA) is 25.2 Å². The maximum absolute atomic E-state index is 13.4. The highest BCUT2D eigenvalue weighted by molar-refractivity contribution is 5.46. The van der Waals surface area contributed by atoms with Crippen molar-refractivity contribution >= 4 is 5.69 Å². The fourth-order valence-corrected chi connectivity index (χ4v) is 1.48. The molecule has 1 aromatic heterocycles. The largest absolute Gasteiger partial charge is 0.467 e. The molecule has 1 N–H and O–H groups in total. The highest BCUT2D eigenvalue weighted by Gasteiger charge is 2.16. The van der Waals surface area contributed by atoms with Gasteiger partial charge in [0.15, 0.2) is 17.5 Å². The maximum atomic E-state index is 13.4. The van der Waals surface area contributed by atoms with E-state index in [9.17, 15) is 13.2 Å². The van der Waals surface area contributed by atoms with Gasteiger partial charge in [-0.2, -0.15) is 0 Å². The van der Waals surface area contributed by atoms with Gasteiger partial charge in [-0.3, -0.25) is 0 Å². The molecule has 17 heavy (non-hydrogen) atoms. The van der Waals surface area contributed by atoms with Crippen LogP contribution < -0.4 is 5.32 Å². The van der Waals surface area contributed by atoms with Crippen LogP contribution in [0.3, 0.4) is 0 Å². The van der Waals surface area contributed by atoms with Gasteiger partial charge in [-0.15, -0.1) is 0 Å². The first-order chi connectivity index (χ1) is 8.09. The van der Waals surface area contributed by atoms with Crippen LogP contribution in [0.25, 0.3) is 0 Å². The van der Waals surface area contributed by atoms with Crippen molar-refractivity contribution in [2.45, 2.75) is 13.0 Å². The first-order valence-corrected chi connectivity index (χ1v) is 5.03. The molecule has 1 heterocycles. The lowest BCUT2D eigenvalue weighted by Crippen LogP contribution is -2.08. The van der Waals surface area contributed by atoms with Crippen molar-refractivity contribution in [3.05, 3.63) is 53.7 Å². The van der Waals surface area contributed by atoms with Gasteiger partial charge in [0.05, 0.1) is 18.0 Å². The molecule has 2 nitrogen and oxygen atoms in total. The molecule has 1 aromatic carbocycles. The molecular formula is C12H10F3NO. The van der Waals surface area contributed by atoms with E-state index < -0.39 is 17.5 Å². The van der Waals surface area contributed by atoms with Crippen LogP contribution in [-0.4, -0.2) is 0 Å². The summed E-state index contributed by atoms with van der Waals surface area (Å²) in [5, 5.41) is 2.71. The van der Waals surface area contributed by atoms with E-state index in [0.717, 1.165) is 12.1 Å². The summed E-state index contributed by atoms with van der Waals surface area (Å²) in [7, 11) is 0. The number of nitrogens with one attached hydrogen (secondary N) is 1. The molecule has 0 fully saturated rings. The molecule has 0 aliphatic carbocycles. The Morgan fingerprint density at radius 3 is 2.53 bits per heavy atom. The third-order valence-corrected chi connectivity index (χ3v) is 2.38. The molecule has 1 unspecified atom stereocenters. The summed E-state index contributed by atoms with van der Waals surface area (Å²) >= 11 is 0. The van der Waals surface area contributed by atoms with E-state index in [1.165, 1.54) is 6.26 Å². The second-order valence-corrected chi connectivity index (χ2v) is 3.60. The van der Waals surface area contributed by atoms with Gasteiger partial charge in [-0.1, -0.05) is 0 Å². The lowest BCUT2D eigenvalue weighted by molar-refractivity contribution is 0.446. The Hall–Kier alpha value is -1.91. The van der Waals surface area contributed by atoms with Crippen LogP contribution in [0, 0.1) is 17.5 Å². The van der Waals surface area contributed by atoms with Crippen molar-refractivity contribution in [1.29, 1.82) is 0 Å². The predicted octanol–water partition coefficient (Wildman–Crippen LogP) is 3.87. The number of benzene rings is 1. The molecule has 0 aliphatic heterocycles. The molecule has 90 valence electrons. The maximum Gasteiger partial charge on any atom is 0.196 e. The molecule has 0 amide bonds. The van der Waals surface area contributed by atoms with Gasteiger partial charge in [-0.05, 0) is 31.2 Å². The summed E-state index contributed by atoms with van der Waals surface area (Å²) in [4.78, 5) is 0. The van der Waals surface area contributed by atoms with E-state index in [-0.39, 0.29) is 11.7 Å². The third-order valence-electron chi connectivity index (χ3n) is 2.38. The Morgan fingerprint density at radius 1 is 1.12 bits per heavy atom. The molecule has 0 bridgehead atoms. The number of anilines is 1. The van der Waals surface area contributed by atoms with E-state index in [1.54, 1.807) is 19.1 Å². The van der Waals surface area contributed by atoms with E-state index in [0.29, 0.717) is 5.76 Å². The minimum Gasteiger partial charge on any atom is -0.467 e. The number of hydrogen-bond donors (Lipinski definition) is 1. The van der Waals surface area contributed by atoms with Crippen LogP contribution in [0.4, 0.5) is 18.9 Å². The van der Waals surface area contributed by atoms with E-state index >= 15 is 0 Å². The molecule has 0 radical (unpaired) electrons. The van der Waals surface area contributed by atoms with Crippen molar-refractivity contribution in [2.24, 2.45) is 0 Å². The Kier molecular flexibility index (Phi) is 3.08. The molecule has 1 atom stereocenters. The second-order valence-electron chi connectivity index (χ2n) is 3.60. The standard InChI is InChI=1S/C12H10F3NO/c1-7(10-3-2-6-17-10)16-9-5-4-8(13)11(14)12(9)15/h2-7,16H,1H3. The fraction of sp³-hybridized carbons (Fsp3) is 0.167. The molecule has 2 aromatic rings. The Labute approximate surface area is 96.1 Å². The van der Waals surface area contributed by atoms with Crippen molar-refractivity contribution < 1.29 is 17.6 Å². The van der Waals surface area contributed by atoms with E-state index in [1.807, 2.05) is 0 Å². The van der Waals surface area contributed by atoms with Crippen molar-refractivity contribution in [3.8, 4) is 0 Å². The first-order valence-electron chi connectivity index (χ1n) is 5.03. The van der Waals surface area contributed by atoms with Gasteiger partial charge < -0.3 is 9.73 Å². The zero-order chi connectivity index (χ0) is 12.4. The Balaban J connectivity index is 2.22. The molecule has 5 heteroatoms. The third kappa shape index (κ3) is 2.27. The van der Waals surface area contributed by atoms with Gasteiger partial charge in [0.2, 0.25) is 0 Å². The van der Waals surface area contributed by atoms with Crippen LogP contribution in [0.1, 0.15) is 18.7 Å². The Bertz CT molecular complexity index is 511. The highest BCUT2D eigenvalue weighted by Crippen LogP contribution is 2.24. The van der Waals surface area contributed by atoms with Crippen molar-refractivity contribution in [2.75, 3.05) is 5.32 Å². The second kappa shape index (κ2) is 4.53. The van der Waals surface area contributed by atoms with Gasteiger partial charge in [0, 0.05) is 0 Å². The smallest absolute Gasteiger partial charge is 0.196 e. The summed E-state index contributed by atoms with van der Waals surface area (Å²) in [5.41, 5.74) is -0.104. The van der Waals surface area contributed by atoms with Gasteiger partial charge in [0.1, 0.15) is 5.76 Å². The number of halogens is 3. The zero-order valence-electron chi connectivity index (χ0n) is 9.01. The lowest BCUT2D eigenvalue weighted by Gasteiger charge is -2.13. The van der Waals surface area contributed by atoms with Crippen molar-refractivity contribution in [1.82, 2.24) is 0 Å². The molecule has 0 saturated carbocycles. The molecule has 0 spiro atoms. The SMILES string of the molecule is CC(Nc1ccc(F)c(F)c1F)c1ccco1. The van der Waals surface area contributed by atoms with E-state index in [4.69, 9.17) is 4.42 Å². The first kappa shape index (κ1) is 11.6. The van der Waals surface area contributed by atoms with E-state index in [2.05, 4.69) is 5.32 Å². The number of hydrogen-bond acceptors (Lipinski definition) is 2. The normalized spacial score (nSPS) is 12.5. The fourth-order valence-electron chi connectivity index (χ4n) is 1.48. The van der Waals surface area contributed by atoms with Crippen LogP contribution in [0.15, 0.2) is 34.9 Å². The average Bonchev–Trinajstić information content (AvgIpc) is 2.83. The summed E-state index contributed by atoms with van der Waals surface area (Å²) < 4.78 is 44.1. The molecule has 2 rings (SSSR count). The summed E-state index contributed by atoms with van der Waals surface area (Å²) in [5.74, 6) is -3.35. The van der Waals surface area contributed by atoms with Crippen LogP contribution in [-0.2, 0) is 0 Å². The van der Waals surface area contributed by atoms with Gasteiger partial charge in [-0.25, -0.2) is 13.2 Å². The van der Waals surface area contributed by atoms with Gasteiger partial charge >= 0.3 is 0 Å². The minimum atomic E-state index is -1.48. The number of furan rings is 1. The average molecular weight is 241 g/mol. The van der Waals surface area contributed by atoms with Crippen LogP contribution in [0.2, 0.25) is 0 Å². The summed E-state index contributed by atoms with van der Waals surface area (Å²) in [6.07, 6.45) is 1.48. The Morgan fingerprint density at radius 2 is 1.88 bits per heavy atom. The summed E-state index contributed by atoms with van der Waals surface area (Å²) in [6.45, 7) is 1.72. The lowest BCUT2D eigenvalue weighted by atomic mass is 10.2. The summed E-state index contributed by atoms with van der Waals surface area (Å²) in [6, 6.07) is 5.07. The number of rotatable bonds is 3. The highest BCUT2D eigenvalue weighted by atomic mass is 19.2. The minimum absolute atomic E-state index is 0.104. The molecular weight excluding hydrogens is 231 g/mol. The zero-order valence-corrected chi connectivity index (χ0v) is 9.01. The predicted molar refractivity (Wildman–Crippen MR) is 57.1 cm³/mol. The van der Waals surface area contributed by atoms with Crippen LogP contribution >= 0.6 is 0 Å². The molecule has 0 saturated heterocycles. The molecule has 0 aliphatic rings.